The van der Waals surface area contributed by atoms with Crippen molar-refractivity contribution in [3.63, 3.8) is 0 Å². The monoisotopic (exact) mass is 1370 g/mol. The van der Waals surface area contributed by atoms with Gasteiger partial charge in [0.05, 0.1) is 76.2 Å². The molecule has 1 saturated heterocycles. The number of unbranched alkanes of at least 4 members (excludes halogenated alkanes) is 1. The summed E-state index contributed by atoms with van der Waals surface area (Å²) >= 11 is 0. The molecule has 0 bridgehead atoms. The topological polar surface area (TPSA) is 451 Å². The number of imidazole rings is 1. The Kier molecular flexibility index (Phi) is 33.8. The zero-order valence-electron chi connectivity index (χ0n) is 54.6. The molecule has 0 spiro atoms. The Balaban J connectivity index is 0.922. The first-order valence-corrected chi connectivity index (χ1v) is 33.1. The lowest BCUT2D eigenvalue weighted by Crippen LogP contribution is -2.52. The van der Waals surface area contributed by atoms with E-state index in [0.29, 0.717) is 115 Å². The van der Waals surface area contributed by atoms with E-state index in [4.69, 9.17) is 24.7 Å². The first-order valence-electron chi connectivity index (χ1n) is 31.7. The Morgan fingerprint density at radius 2 is 1.24 bits per heavy atom. The highest BCUT2D eigenvalue weighted by molar-refractivity contribution is 7.90. The maximum absolute atomic E-state index is 13.6. The van der Waals surface area contributed by atoms with Crippen LogP contribution in [0.25, 0.3) is 10.9 Å². The zero-order chi connectivity index (χ0) is 70.0. The van der Waals surface area contributed by atoms with Gasteiger partial charge in [-0.2, -0.15) is 12.8 Å². The van der Waals surface area contributed by atoms with Crippen LogP contribution in [-0.4, -0.2) is 273 Å². The summed E-state index contributed by atoms with van der Waals surface area (Å²) in [5.41, 5.74) is 5.72. The van der Waals surface area contributed by atoms with Crippen molar-refractivity contribution in [3.8, 4) is 5.75 Å². The van der Waals surface area contributed by atoms with Crippen molar-refractivity contribution in [1.82, 2.24) is 55.4 Å². The van der Waals surface area contributed by atoms with Crippen LogP contribution in [0, 0.1) is 13.8 Å². The number of carbonyl (C=O) groups excluding carboxylic acids is 4. The molecule has 1 aliphatic heterocycles. The summed E-state index contributed by atoms with van der Waals surface area (Å²) in [6.07, 6.45) is 7.67. The standard InChI is InChI=1S/C62H92N14O19S/c1-43-33-46(34-44(2)58(43)96(90,91)71-50(61(88)89)37-68-59(86)48-38-72(3)51-35-45(11-12-47(51)57(48)85)36-69-62-66-16-17-67-62)95-28-6-10-52(77)64-14-7-26-92-29-31-94-32-30-93-27-8-15-65-60(87)49(9-4-5-13-63)70-53(78)39-73-18-20-74(40-54(79)80)22-24-76(42-56(83)84)25-23-75(21-19-73)41-55(81)82/h11-12,16-17,33-35,38,49H,4-10,13-15,18-32,36-37,39-42,63H2,1-3H3,(H,64,77)(H,65,87)(H,68,86)(H,70,78)(H,79,80)(H,81,82)(H,83,84)(H,88,89)(H2,66,67,69)/t49-/m1/s1. The molecule has 3 heterocycles. The third-order valence-electron chi connectivity index (χ3n) is 15.1. The van der Waals surface area contributed by atoms with Gasteiger partial charge in [0.15, 0.2) is 11.7 Å². The van der Waals surface area contributed by atoms with E-state index in [2.05, 4.69) is 40.9 Å². The van der Waals surface area contributed by atoms with Crippen LogP contribution in [0.4, 0.5) is 5.95 Å². The number of aryl methyl sites for hydroxylation is 3. The second-order valence-electron chi connectivity index (χ2n) is 22.8. The summed E-state index contributed by atoms with van der Waals surface area (Å²) in [5, 5.41) is 52.6. The van der Waals surface area contributed by atoms with E-state index in [-0.39, 0.29) is 137 Å². The van der Waals surface area contributed by atoms with Gasteiger partial charge in [0.2, 0.25) is 23.2 Å². The predicted octanol–water partition coefficient (Wildman–Crippen LogP) is -0.555. The van der Waals surface area contributed by atoms with E-state index in [0.717, 1.165) is 5.56 Å². The van der Waals surface area contributed by atoms with E-state index in [9.17, 15) is 72.0 Å². The number of pyridine rings is 1. The number of amides is 4. The maximum atomic E-state index is 13.6. The van der Waals surface area contributed by atoms with Gasteiger partial charge in [0.25, 0.3) is 15.9 Å². The minimum atomic E-state index is -4.63. The molecule has 5 rings (SSSR count). The molecule has 0 saturated carbocycles. The van der Waals surface area contributed by atoms with Gasteiger partial charge in [-0.25, -0.2) is 9.78 Å². The molecule has 2 aromatic heterocycles. The smallest absolute Gasteiger partial charge is 0.353 e. The molecule has 4 amide bonds. The first-order chi connectivity index (χ1) is 45.9. The lowest BCUT2D eigenvalue weighted by molar-refractivity contribution is -0.140. The minimum absolute atomic E-state index is 0.130. The van der Waals surface area contributed by atoms with Crippen LogP contribution in [0.15, 0.2) is 63.0 Å². The van der Waals surface area contributed by atoms with Crippen LogP contribution >= 0.6 is 0 Å². The van der Waals surface area contributed by atoms with Crippen molar-refractivity contribution >= 4 is 80.1 Å². The number of carboxylic acid groups (broad SMARTS) is 4. The van der Waals surface area contributed by atoms with Gasteiger partial charge in [-0.3, -0.25) is 58.0 Å². The number of H-pyrrole nitrogens is 1. The average Bonchev–Trinajstić information content (AvgIpc) is 0.809. The number of rotatable bonds is 42. The highest BCUT2D eigenvalue weighted by Gasteiger charge is 2.27. The van der Waals surface area contributed by atoms with Gasteiger partial charge in [-0.1, -0.05) is 6.07 Å². The fourth-order valence-electron chi connectivity index (χ4n) is 10.3. The SMILES string of the molecule is Cc1cc(OCCCC(=O)NCCCOCCOCCOCCCNC(=O)[C@@H](CCCCN)NC(=O)CN2CCN(CC(=O)O)CCN(CC(=O)O)CCN(CC(=O)O)CC2)cc(C)c1S(=O)(=O)N=C(CNC(=O)c1cn(C)c2cc(CNc3ncc[nH]3)ccc2c1=O)C(=O)O. The molecule has 96 heavy (non-hydrogen) atoms. The number of aromatic nitrogens is 3. The van der Waals surface area contributed by atoms with E-state index < -0.39 is 69.4 Å². The Morgan fingerprint density at radius 3 is 1.77 bits per heavy atom. The fraction of sp³-hybridized carbons (Fsp3) is 0.565. The molecule has 33 nitrogen and oxygen atoms in total. The molecule has 0 unspecified atom stereocenters. The number of carboxylic acids is 4. The normalized spacial score (nSPS) is 14.4. The number of fused-ring (bicyclic) bond motifs is 1. The molecule has 0 aliphatic carbocycles. The predicted molar refractivity (Wildman–Crippen MR) is 352 cm³/mol. The number of hydrogen-bond donors (Lipinski definition) is 11. The number of nitrogens with one attached hydrogen (secondary N) is 6. The first kappa shape index (κ1) is 78.2. The van der Waals surface area contributed by atoms with E-state index in [1.54, 1.807) is 61.8 Å². The van der Waals surface area contributed by atoms with Gasteiger partial charge in [0.1, 0.15) is 17.4 Å². The summed E-state index contributed by atoms with van der Waals surface area (Å²) in [6, 6.07) is 7.13. The largest absolute Gasteiger partial charge is 0.494 e. The summed E-state index contributed by atoms with van der Waals surface area (Å²) < 4.78 is 55.0. The number of aliphatic carboxylic acids is 4. The Bertz CT molecular complexity index is 3370. The Morgan fingerprint density at radius 1 is 0.688 bits per heavy atom. The maximum Gasteiger partial charge on any atom is 0.353 e. The highest BCUT2D eigenvalue weighted by Crippen LogP contribution is 2.28. The third-order valence-corrected chi connectivity index (χ3v) is 16.7. The lowest BCUT2D eigenvalue weighted by atomic mass is 10.1. The van der Waals surface area contributed by atoms with Crippen LogP contribution in [0.2, 0.25) is 0 Å². The Labute approximate surface area is 556 Å². The van der Waals surface area contributed by atoms with Crippen molar-refractivity contribution in [3.05, 3.63) is 81.4 Å². The summed E-state index contributed by atoms with van der Waals surface area (Å²) in [7, 11) is -2.99. The van der Waals surface area contributed by atoms with E-state index >= 15 is 0 Å². The molecule has 1 fully saturated rings. The molecule has 2 aromatic carbocycles. The third kappa shape index (κ3) is 28.5. The summed E-state index contributed by atoms with van der Waals surface area (Å²) in [6.45, 7) is 6.57. The lowest BCUT2D eigenvalue weighted by Gasteiger charge is -2.33. The van der Waals surface area contributed by atoms with Crippen LogP contribution in [0.1, 0.15) is 72.0 Å². The van der Waals surface area contributed by atoms with Gasteiger partial charge in [-0.05, 0) is 99.9 Å². The highest BCUT2D eigenvalue weighted by atomic mass is 32.2. The summed E-state index contributed by atoms with van der Waals surface area (Å²) in [4.78, 5) is 127. The molecule has 0 radical (unpaired) electrons. The number of anilines is 1. The molecular formula is C62H92N14O19S. The van der Waals surface area contributed by atoms with Crippen molar-refractivity contribution in [2.45, 2.75) is 76.3 Å². The molecule has 4 aromatic rings. The molecule has 12 N–H and O–H groups in total. The van der Waals surface area contributed by atoms with E-state index in [1.165, 1.54) is 32.2 Å². The number of hydrogen-bond acceptors (Lipinski definition) is 22. The molecule has 530 valence electrons. The van der Waals surface area contributed by atoms with Crippen molar-refractivity contribution in [2.24, 2.45) is 17.2 Å². The van der Waals surface area contributed by atoms with Gasteiger partial charge in [0, 0.05) is 123 Å². The van der Waals surface area contributed by atoms with Crippen molar-refractivity contribution in [2.75, 3.05) is 156 Å². The summed E-state index contributed by atoms with van der Waals surface area (Å²) in [5.74, 6) is -5.96. The average molecular weight is 1370 g/mol. The number of carbonyl (C=O) groups is 8. The number of aromatic amines is 1. The number of ether oxygens (including phenoxy) is 4. The van der Waals surface area contributed by atoms with Crippen LogP contribution < -0.4 is 42.5 Å². The number of sulfonamides is 1. The van der Waals surface area contributed by atoms with Gasteiger partial charge in [-0.15, -0.1) is 0 Å². The van der Waals surface area contributed by atoms with E-state index in [1.807, 2.05) is 0 Å². The van der Waals surface area contributed by atoms with Crippen LogP contribution in [0.5, 0.6) is 5.75 Å². The number of benzene rings is 2. The van der Waals surface area contributed by atoms with Crippen molar-refractivity contribution < 1.29 is 86.1 Å². The van der Waals surface area contributed by atoms with Crippen LogP contribution in [-0.2, 0) is 71.4 Å². The van der Waals surface area contributed by atoms with Gasteiger partial charge >= 0.3 is 23.9 Å². The quantitative estimate of drug-likeness (QED) is 0.0196. The van der Waals surface area contributed by atoms with Crippen molar-refractivity contribution in [1.29, 1.82) is 0 Å². The molecular weight excluding hydrogens is 1280 g/mol. The molecule has 1 atom stereocenters. The molecule has 1 aliphatic rings. The number of nitrogens with two attached hydrogens (primary N) is 1. The zero-order valence-corrected chi connectivity index (χ0v) is 55.5. The Hall–Kier alpha value is -8.48. The minimum Gasteiger partial charge on any atom is -0.494 e. The number of nitrogens with zero attached hydrogens (tertiary/aromatic N) is 7. The fourth-order valence-corrected chi connectivity index (χ4v) is 11.8. The van der Waals surface area contributed by atoms with Gasteiger partial charge < -0.3 is 81.2 Å². The molecule has 34 heteroatoms. The second-order valence-corrected chi connectivity index (χ2v) is 24.4. The van der Waals surface area contributed by atoms with Crippen LogP contribution in [0.3, 0.4) is 0 Å². The second kappa shape index (κ2) is 41.5.